The zero-order valence-corrected chi connectivity index (χ0v) is 13.9. The van der Waals surface area contributed by atoms with Crippen molar-refractivity contribution >= 4 is 17.4 Å². The van der Waals surface area contributed by atoms with Gasteiger partial charge in [-0.25, -0.2) is 13.8 Å². The summed E-state index contributed by atoms with van der Waals surface area (Å²) in [7, 11) is 1.45. The normalized spacial score (nSPS) is 11.1. The molecule has 1 amide bonds. The standard InChI is InChI=1S/C17H19F2N3O2/c1-17(2,3)22-16(23)14-8-13(24-4)9-15(21-14)20-12-6-10(18)5-11(19)7-12/h5-9H,1-4H3,(H,20,21)(H,22,23). The number of aromatic nitrogens is 1. The van der Waals surface area contributed by atoms with Crippen molar-refractivity contribution in [2.45, 2.75) is 26.3 Å². The lowest BCUT2D eigenvalue weighted by atomic mass is 10.1. The first kappa shape index (κ1) is 17.7. The van der Waals surface area contributed by atoms with Crippen molar-refractivity contribution in [3.8, 4) is 5.75 Å². The Morgan fingerprint density at radius 1 is 1.08 bits per heavy atom. The third-order valence-corrected chi connectivity index (χ3v) is 2.89. The van der Waals surface area contributed by atoms with E-state index in [-0.39, 0.29) is 23.1 Å². The Morgan fingerprint density at radius 3 is 2.25 bits per heavy atom. The summed E-state index contributed by atoms with van der Waals surface area (Å²) in [6.07, 6.45) is 0. The molecule has 0 atom stereocenters. The van der Waals surface area contributed by atoms with Crippen molar-refractivity contribution < 1.29 is 18.3 Å². The molecule has 7 heteroatoms. The van der Waals surface area contributed by atoms with Crippen molar-refractivity contribution in [3.05, 3.63) is 47.7 Å². The highest BCUT2D eigenvalue weighted by Gasteiger charge is 2.18. The summed E-state index contributed by atoms with van der Waals surface area (Å²) in [5, 5.41) is 5.56. The molecule has 1 heterocycles. The molecule has 0 radical (unpaired) electrons. The van der Waals surface area contributed by atoms with Gasteiger partial charge in [0.25, 0.3) is 5.91 Å². The summed E-state index contributed by atoms with van der Waals surface area (Å²) in [6, 6.07) is 6.03. The highest BCUT2D eigenvalue weighted by molar-refractivity contribution is 5.93. The number of carbonyl (C=O) groups is 1. The number of hydrogen-bond acceptors (Lipinski definition) is 4. The lowest BCUT2D eigenvalue weighted by molar-refractivity contribution is 0.0914. The Morgan fingerprint density at radius 2 is 1.71 bits per heavy atom. The zero-order valence-electron chi connectivity index (χ0n) is 13.9. The third-order valence-electron chi connectivity index (χ3n) is 2.89. The van der Waals surface area contributed by atoms with E-state index in [9.17, 15) is 13.6 Å². The van der Waals surface area contributed by atoms with Gasteiger partial charge in [0.15, 0.2) is 0 Å². The molecule has 5 nitrogen and oxygen atoms in total. The molecular weight excluding hydrogens is 316 g/mol. The molecule has 0 aliphatic carbocycles. The van der Waals surface area contributed by atoms with Crippen molar-refractivity contribution in [1.29, 1.82) is 0 Å². The number of nitrogens with zero attached hydrogens (tertiary/aromatic N) is 1. The summed E-state index contributed by atoms with van der Waals surface area (Å²) in [4.78, 5) is 16.4. The topological polar surface area (TPSA) is 63.2 Å². The molecule has 1 aromatic carbocycles. The van der Waals surface area contributed by atoms with Crippen LogP contribution < -0.4 is 15.4 Å². The maximum atomic E-state index is 13.3. The summed E-state index contributed by atoms with van der Waals surface area (Å²) in [6.45, 7) is 5.54. The number of rotatable bonds is 4. The fraction of sp³-hybridized carbons (Fsp3) is 0.294. The van der Waals surface area contributed by atoms with Crippen molar-refractivity contribution in [3.63, 3.8) is 0 Å². The number of nitrogens with one attached hydrogen (secondary N) is 2. The Hall–Kier alpha value is -2.70. The van der Waals surface area contributed by atoms with Gasteiger partial charge in [-0.2, -0.15) is 0 Å². The van der Waals surface area contributed by atoms with Gasteiger partial charge in [-0.1, -0.05) is 0 Å². The molecule has 2 rings (SSSR count). The molecular formula is C17H19F2N3O2. The van der Waals surface area contributed by atoms with Crippen LogP contribution in [0.5, 0.6) is 5.75 Å². The van der Waals surface area contributed by atoms with E-state index in [0.29, 0.717) is 5.75 Å². The summed E-state index contributed by atoms with van der Waals surface area (Å²) >= 11 is 0. The Kier molecular flexibility index (Phi) is 5.02. The van der Waals surface area contributed by atoms with Gasteiger partial charge in [0.1, 0.15) is 28.9 Å². The third kappa shape index (κ3) is 4.91. The number of carbonyl (C=O) groups excluding carboxylic acids is 1. The SMILES string of the molecule is COc1cc(Nc2cc(F)cc(F)c2)nc(C(=O)NC(C)(C)C)c1. The predicted molar refractivity (Wildman–Crippen MR) is 87.6 cm³/mol. The van der Waals surface area contributed by atoms with E-state index in [1.807, 2.05) is 20.8 Å². The van der Waals surface area contributed by atoms with Crippen LogP contribution in [-0.2, 0) is 0 Å². The van der Waals surface area contributed by atoms with E-state index in [1.54, 1.807) is 0 Å². The van der Waals surface area contributed by atoms with Crippen LogP contribution in [0.2, 0.25) is 0 Å². The highest BCUT2D eigenvalue weighted by atomic mass is 19.1. The van der Waals surface area contributed by atoms with Crippen LogP contribution >= 0.6 is 0 Å². The van der Waals surface area contributed by atoms with Crippen LogP contribution in [0.15, 0.2) is 30.3 Å². The van der Waals surface area contributed by atoms with E-state index < -0.39 is 17.2 Å². The van der Waals surface area contributed by atoms with Crippen LogP contribution in [0, 0.1) is 11.6 Å². The molecule has 0 saturated heterocycles. The molecule has 128 valence electrons. The minimum absolute atomic E-state index is 0.128. The lowest BCUT2D eigenvalue weighted by Gasteiger charge is -2.20. The van der Waals surface area contributed by atoms with Crippen LogP contribution in [-0.4, -0.2) is 23.5 Å². The van der Waals surface area contributed by atoms with Gasteiger partial charge in [-0.15, -0.1) is 0 Å². The second kappa shape index (κ2) is 6.82. The number of pyridine rings is 1. The maximum absolute atomic E-state index is 13.3. The fourth-order valence-corrected chi connectivity index (χ4v) is 1.98. The molecule has 0 unspecified atom stereocenters. The molecule has 1 aromatic heterocycles. The second-order valence-electron chi connectivity index (χ2n) is 6.26. The van der Waals surface area contributed by atoms with Crippen molar-refractivity contribution in [1.82, 2.24) is 10.3 Å². The minimum Gasteiger partial charge on any atom is -0.497 e. The largest absolute Gasteiger partial charge is 0.497 e. The highest BCUT2D eigenvalue weighted by Crippen LogP contribution is 2.22. The zero-order chi connectivity index (χ0) is 17.9. The number of benzene rings is 1. The van der Waals surface area contributed by atoms with Gasteiger partial charge < -0.3 is 15.4 Å². The van der Waals surface area contributed by atoms with Gasteiger partial charge in [-0.3, -0.25) is 4.79 Å². The quantitative estimate of drug-likeness (QED) is 0.895. The minimum atomic E-state index is -0.717. The summed E-state index contributed by atoms with van der Waals surface area (Å²) < 4.78 is 31.7. The number of ether oxygens (including phenoxy) is 1. The van der Waals surface area contributed by atoms with E-state index in [0.717, 1.165) is 18.2 Å². The first-order valence-electron chi connectivity index (χ1n) is 7.28. The number of anilines is 2. The van der Waals surface area contributed by atoms with Crippen LogP contribution in [0.4, 0.5) is 20.3 Å². The molecule has 0 aliphatic rings. The first-order valence-corrected chi connectivity index (χ1v) is 7.28. The van der Waals surface area contributed by atoms with E-state index in [4.69, 9.17) is 4.74 Å². The molecule has 0 aliphatic heterocycles. The van der Waals surface area contributed by atoms with Crippen molar-refractivity contribution in [2.75, 3.05) is 12.4 Å². The lowest BCUT2D eigenvalue weighted by Crippen LogP contribution is -2.41. The number of halogens is 2. The van der Waals surface area contributed by atoms with Gasteiger partial charge in [0.2, 0.25) is 0 Å². The van der Waals surface area contributed by atoms with Crippen LogP contribution in [0.25, 0.3) is 0 Å². The fourth-order valence-electron chi connectivity index (χ4n) is 1.98. The van der Waals surface area contributed by atoms with E-state index in [1.165, 1.54) is 19.2 Å². The first-order chi connectivity index (χ1) is 11.2. The summed E-state index contributed by atoms with van der Waals surface area (Å²) in [5.41, 5.74) is -0.125. The van der Waals surface area contributed by atoms with E-state index in [2.05, 4.69) is 15.6 Å². The predicted octanol–water partition coefficient (Wildman–Crippen LogP) is 3.64. The maximum Gasteiger partial charge on any atom is 0.270 e. The average molecular weight is 335 g/mol. The van der Waals surface area contributed by atoms with Gasteiger partial charge >= 0.3 is 0 Å². The average Bonchev–Trinajstić information content (AvgIpc) is 2.43. The van der Waals surface area contributed by atoms with Gasteiger partial charge in [0.05, 0.1) is 7.11 Å². The van der Waals surface area contributed by atoms with Crippen LogP contribution in [0.3, 0.4) is 0 Å². The number of amides is 1. The smallest absolute Gasteiger partial charge is 0.270 e. The van der Waals surface area contributed by atoms with E-state index >= 15 is 0 Å². The molecule has 0 bridgehead atoms. The molecule has 24 heavy (non-hydrogen) atoms. The molecule has 0 fully saturated rings. The van der Waals surface area contributed by atoms with Crippen LogP contribution in [0.1, 0.15) is 31.3 Å². The molecule has 0 saturated carbocycles. The summed E-state index contributed by atoms with van der Waals surface area (Å²) in [5.74, 6) is -1.19. The second-order valence-corrected chi connectivity index (χ2v) is 6.26. The Labute approximate surface area is 139 Å². The number of methoxy groups -OCH3 is 1. The Balaban J connectivity index is 2.33. The monoisotopic (exact) mass is 335 g/mol. The number of hydrogen-bond donors (Lipinski definition) is 2. The molecule has 2 aromatic rings. The molecule has 0 spiro atoms. The van der Waals surface area contributed by atoms with Gasteiger partial charge in [-0.05, 0) is 32.9 Å². The van der Waals surface area contributed by atoms with Crippen molar-refractivity contribution in [2.24, 2.45) is 0 Å². The molecule has 2 N–H and O–H groups in total. The van der Waals surface area contributed by atoms with Gasteiger partial charge in [0, 0.05) is 29.4 Å². The Bertz CT molecular complexity index is 738.